The number of carbonyl (C=O) groups is 1. The second-order valence-corrected chi connectivity index (χ2v) is 4.13. The quantitative estimate of drug-likeness (QED) is 0.858. The molecule has 0 aromatic carbocycles. The molecular formula is C11H16N6O. The number of hydrogen-bond acceptors (Lipinski definition) is 4. The van der Waals surface area contributed by atoms with Crippen LogP contribution in [0.15, 0.2) is 12.5 Å². The molecule has 18 heavy (non-hydrogen) atoms. The summed E-state index contributed by atoms with van der Waals surface area (Å²) in [4.78, 5) is 15.6. The maximum atomic E-state index is 11.8. The average molecular weight is 248 g/mol. The summed E-state index contributed by atoms with van der Waals surface area (Å²) in [5.74, 6) is -0.134. The number of aromatic amines is 1. The Hall–Kier alpha value is -2.18. The molecule has 1 amide bonds. The zero-order chi connectivity index (χ0) is 13.1. The van der Waals surface area contributed by atoms with Crippen LogP contribution in [0, 0.1) is 6.92 Å². The van der Waals surface area contributed by atoms with E-state index < -0.39 is 0 Å². The lowest BCUT2D eigenvalue weighted by molar-refractivity contribution is 0.101. The first kappa shape index (κ1) is 12.3. The summed E-state index contributed by atoms with van der Waals surface area (Å²) in [7, 11) is 0. The van der Waals surface area contributed by atoms with Crippen LogP contribution in [-0.4, -0.2) is 30.9 Å². The van der Waals surface area contributed by atoms with Crippen molar-refractivity contribution < 1.29 is 4.79 Å². The minimum Gasteiger partial charge on any atom is -0.316 e. The Labute approximate surface area is 105 Å². The van der Waals surface area contributed by atoms with Gasteiger partial charge in [0.1, 0.15) is 6.33 Å². The van der Waals surface area contributed by atoms with Gasteiger partial charge in [-0.15, -0.1) is 0 Å². The van der Waals surface area contributed by atoms with E-state index in [4.69, 9.17) is 0 Å². The van der Waals surface area contributed by atoms with Gasteiger partial charge in [-0.05, 0) is 20.3 Å². The highest BCUT2D eigenvalue weighted by molar-refractivity contribution is 6.01. The molecule has 1 atom stereocenters. The smallest absolute Gasteiger partial charge is 0.293 e. The van der Waals surface area contributed by atoms with Crippen molar-refractivity contribution in [1.29, 1.82) is 0 Å². The monoisotopic (exact) mass is 248 g/mol. The molecule has 0 radical (unpaired) electrons. The number of anilines is 1. The van der Waals surface area contributed by atoms with Crippen molar-refractivity contribution in [2.45, 2.75) is 33.2 Å². The lowest BCUT2D eigenvalue weighted by atomic mass is 10.2. The second kappa shape index (κ2) is 4.99. The minimum atomic E-state index is -0.320. The average Bonchev–Trinajstić information content (AvgIpc) is 3.00. The molecule has 7 heteroatoms. The van der Waals surface area contributed by atoms with Crippen molar-refractivity contribution in [2.75, 3.05) is 5.32 Å². The van der Waals surface area contributed by atoms with Crippen molar-refractivity contribution in [3.63, 3.8) is 0 Å². The molecule has 2 heterocycles. The molecule has 0 aliphatic heterocycles. The van der Waals surface area contributed by atoms with E-state index in [0.29, 0.717) is 11.7 Å². The molecule has 2 aromatic heterocycles. The molecule has 0 saturated heterocycles. The second-order valence-electron chi connectivity index (χ2n) is 4.13. The number of aromatic nitrogens is 5. The number of rotatable bonds is 4. The standard InChI is InChI=1S/C11H16N6O/c1-4-7(2)17-8(3)9(5-14-17)15-11(18)10-12-6-13-16-10/h5-7H,4H2,1-3H3,(H,15,18)(H,12,13,16). The first-order chi connectivity index (χ1) is 8.63. The maximum Gasteiger partial charge on any atom is 0.293 e. The SMILES string of the molecule is CCC(C)n1ncc(NC(=O)c2ncn[nH]2)c1C. The fourth-order valence-electron chi connectivity index (χ4n) is 1.66. The predicted octanol–water partition coefficient (Wildman–Crippen LogP) is 1.53. The van der Waals surface area contributed by atoms with Gasteiger partial charge in [0.05, 0.1) is 17.6 Å². The Balaban J connectivity index is 2.16. The highest BCUT2D eigenvalue weighted by atomic mass is 16.2. The van der Waals surface area contributed by atoms with Crippen LogP contribution in [-0.2, 0) is 0 Å². The highest BCUT2D eigenvalue weighted by Crippen LogP contribution is 2.19. The van der Waals surface area contributed by atoms with Crippen LogP contribution in [0.2, 0.25) is 0 Å². The predicted molar refractivity (Wildman–Crippen MR) is 66.3 cm³/mol. The lowest BCUT2D eigenvalue weighted by Gasteiger charge is -2.12. The molecule has 0 saturated carbocycles. The van der Waals surface area contributed by atoms with Crippen LogP contribution in [0.5, 0.6) is 0 Å². The van der Waals surface area contributed by atoms with Crippen LogP contribution >= 0.6 is 0 Å². The molecule has 7 nitrogen and oxygen atoms in total. The number of H-pyrrole nitrogens is 1. The summed E-state index contributed by atoms with van der Waals surface area (Å²) in [6.07, 6.45) is 3.93. The van der Waals surface area contributed by atoms with Crippen molar-refractivity contribution >= 4 is 11.6 Å². The maximum absolute atomic E-state index is 11.8. The van der Waals surface area contributed by atoms with Gasteiger partial charge in [0.2, 0.25) is 5.82 Å². The molecule has 0 aliphatic carbocycles. The molecule has 2 rings (SSSR count). The van der Waals surface area contributed by atoms with Crippen LogP contribution in [0.3, 0.4) is 0 Å². The molecular weight excluding hydrogens is 232 g/mol. The van der Waals surface area contributed by atoms with E-state index >= 15 is 0 Å². The Bertz CT molecular complexity index is 530. The molecule has 0 spiro atoms. The van der Waals surface area contributed by atoms with Gasteiger partial charge in [0.25, 0.3) is 5.91 Å². The van der Waals surface area contributed by atoms with Crippen LogP contribution in [0.25, 0.3) is 0 Å². The van der Waals surface area contributed by atoms with Crippen molar-refractivity contribution in [1.82, 2.24) is 25.0 Å². The van der Waals surface area contributed by atoms with Crippen LogP contribution < -0.4 is 5.32 Å². The fraction of sp³-hybridized carbons (Fsp3) is 0.455. The molecule has 96 valence electrons. The Morgan fingerprint density at radius 1 is 1.61 bits per heavy atom. The van der Waals surface area contributed by atoms with E-state index in [1.54, 1.807) is 6.20 Å². The Kier molecular flexibility index (Phi) is 3.40. The Morgan fingerprint density at radius 2 is 2.39 bits per heavy atom. The third kappa shape index (κ3) is 2.24. The normalized spacial score (nSPS) is 12.4. The van der Waals surface area contributed by atoms with Gasteiger partial charge in [-0.25, -0.2) is 4.98 Å². The highest BCUT2D eigenvalue weighted by Gasteiger charge is 2.15. The number of carbonyl (C=O) groups excluding carboxylic acids is 1. The van der Waals surface area contributed by atoms with E-state index in [9.17, 15) is 4.79 Å². The summed E-state index contributed by atoms with van der Waals surface area (Å²) in [6.45, 7) is 6.11. The van der Waals surface area contributed by atoms with Crippen LogP contribution in [0.1, 0.15) is 42.6 Å². The fourth-order valence-corrected chi connectivity index (χ4v) is 1.66. The van der Waals surface area contributed by atoms with Gasteiger partial charge < -0.3 is 5.32 Å². The molecule has 2 aromatic rings. The van der Waals surface area contributed by atoms with Crippen molar-refractivity contribution in [2.24, 2.45) is 0 Å². The summed E-state index contributed by atoms with van der Waals surface area (Å²) < 4.78 is 1.90. The molecule has 0 fully saturated rings. The van der Waals surface area contributed by atoms with Crippen LogP contribution in [0.4, 0.5) is 5.69 Å². The van der Waals surface area contributed by atoms with Crippen molar-refractivity contribution in [3.8, 4) is 0 Å². The van der Waals surface area contributed by atoms with E-state index in [2.05, 4.69) is 39.4 Å². The minimum absolute atomic E-state index is 0.186. The molecule has 1 unspecified atom stereocenters. The first-order valence-corrected chi connectivity index (χ1v) is 5.84. The van der Waals surface area contributed by atoms with Gasteiger partial charge in [-0.2, -0.15) is 10.2 Å². The van der Waals surface area contributed by atoms with E-state index in [0.717, 1.165) is 12.1 Å². The summed E-state index contributed by atoms with van der Waals surface area (Å²) >= 11 is 0. The zero-order valence-corrected chi connectivity index (χ0v) is 10.6. The van der Waals surface area contributed by atoms with E-state index in [-0.39, 0.29) is 11.7 Å². The Morgan fingerprint density at radius 3 is 3.00 bits per heavy atom. The molecule has 2 N–H and O–H groups in total. The van der Waals surface area contributed by atoms with Gasteiger partial charge >= 0.3 is 0 Å². The summed E-state index contributed by atoms with van der Waals surface area (Å²) in [6, 6.07) is 0.306. The summed E-state index contributed by atoms with van der Waals surface area (Å²) in [5, 5.41) is 13.2. The third-order valence-corrected chi connectivity index (χ3v) is 2.93. The molecule has 0 bridgehead atoms. The van der Waals surface area contributed by atoms with Crippen molar-refractivity contribution in [3.05, 3.63) is 24.0 Å². The summed E-state index contributed by atoms with van der Waals surface area (Å²) in [5.41, 5.74) is 1.62. The topological polar surface area (TPSA) is 88.5 Å². The first-order valence-electron chi connectivity index (χ1n) is 5.84. The number of nitrogens with one attached hydrogen (secondary N) is 2. The lowest BCUT2D eigenvalue weighted by Crippen LogP contribution is -2.15. The molecule has 0 aliphatic rings. The van der Waals surface area contributed by atoms with Gasteiger partial charge in [-0.3, -0.25) is 14.6 Å². The van der Waals surface area contributed by atoms with E-state index in [1.807, 2.05) is 11.6 Å². The zero-order valence-electron chi connectivity index (χ0n) is 10.6. The van der Waals surface area contributed by atoms with E-state index in [1.165, 1.54) is 6.33 Å². The number of nitrogens with zero attached hydrogens (tertiary/aromatic N) is 4. The largest absolute Gasteiger partial charge is 0.316 e. The third-order valence-electron chi connectivity index (χ3n) is 2.93. The van der Waals surface area contributed by atoms with Gasteiger partial charge in [0.15, 0.2) is 0 Å². The number of hydrogen-bond donors (Lipinski definition) is 2. The van der Waals surface area contributed by atoms with Gasteiger partial charge in [0, 0.05) is 6.04 Å². The number of amides is 1. The van der Waals surface area contributed by atoms with Gasteiger partial charge in [-0.1, -0.05) is 6.92 Å².